The van der Waals surface area contributed by atoms with Gasteiger partial charge in [-0.3, -0.25) is 0 Å². The Hall–Kier alpha value is -2.27. The lowest BCUT2D eigenvalue weighted by molar-refractivity contribution is 0.199. The molecule has 2 aromatic heterocycles. The van der Waals surface area contributed by atoms with Crippen LogP contribution in [0.15, 0.2) is 42.6 Å². The van der Waals surface area contributed by atoms with Gasteiger partial charge in [-0.15, -0.1) is 5.10 Å². The molecule has 18 heavy (non-hydrogen) atoms. The third-order valence-electron chi connectivity index (χ3n) is 2.82. The van der Waals surface area contributed by atoms with Crippen molar-refractivity contribution >= 4 is 11.0 Å². The van der Waals surface area contributed by atoms with Gasteiger partial charge in [0.25, 0.3) is 0 Å². The fourth-order valence-corrected chi connectivity index (χ4v) is 1.81. The third kappa shape index (κ3) is 1.74. The maximum Gasteiger partial charge on any atom is 0.155 e. The molecule has 0 bridgehead atoms. The van der Waals surface area contributed by atoms with Crippen molar-refractivity contribution < 1.29 is 5.11 Å². The summed E-state index contributed by atoms with van der Waals surface area (Å²) in [6.07, 6.45) is 1.13. The Kier molecular flexibility index (Phi) is 2.53. The summed E-state index contributed by atoms with van der Waals surface area (Å²) in [5, 5.41) is 17.6. The summed E-state index contributed by atoms with van der Waals surface area (Å²) in [6.45, 7) is 1.71. The second-order valence-corrected chi connectivity index (χ2v) is 4.12. The van der Waals surface area contributed by atoms with Gasteiger partial charge in [-0.2, -0.15) is 4.68 Å². The maximum atomic E-state index is 9.44. The lowest BCUT2D eigenvalue weighted by Crippen LogP contribution is -2.01. The normalized spacial score (nSPS) is 12.8. The van der Waals surface area contributed by atoms with Crippen molar-refractivity contribution in [2.45, 2.75) is 13.0 Å². The Labute approximate surface area is 104 Å². The number of hydrogen-bond acceptors (Lipinski definition) is 4. The number of pyridine rings is 1. The standard InChI is InChI=1S/C13H12N4O/c1-9(18)10-6-7-13(14-8-10)17-12-5-3-2-4-11(12)15-16-17/h2-9,18H,1H3/t9-/m0/s1. The van der Waals surface area contributed by atoms with Gasteiger partial charge in [0.15, 0.2) is 5.82 Å². The molecule has 1 atom stereocenters. The first-order chi connectivity index (χ1) is 8.75. The summed E-state index contributed by atoms with van der Waals surface area (Å²) < 4.78 is 1.68. The van der Waals surface area contributed by atoms with E-state index in [0.717, 1.165) is 16.6 Å². The molecule has 5 heteroatoms. The second kappa shape index (κ2) is 4.19. The molecule has 3 rings (SSSR count). The number of nitrogens with zero attached hydrogens (tertiary/aromatic N) is 4. The lowest BCUT2D eigenvalue weighted by atomic mass is 10.2. The highest BCUT2D eigenvalue weighted by atomic mass is 16.3. The van der Waals surface area contributed by atoms with E-state index in [2.05, 4.69) is 15.3 Å². The molecular weight excluding hydrogens is 228 g/mol. The zero-order chi connectivity index (χ0) is 12.5. The predicted molar refractivity (Wildman–Crippen MR) is 67.3 cm³/mol. The summed E-state index contributed by atoms with van der Waals surface area (Å²) in [7, 11) is 0. The molecule has 0 saturated carbocycles. The minimum Gasteiger partial charge on any atom is -0.389 e. The number of rotatable bonds is 2. The van der Waals surface area contributed by atoms with Crippen LogP contribution in [0.3, 0.4) is 0 Å². The van der Waals surface area contributed by atoms with Crippen LogP contribution in [0.5, 0.6) is 0 Å². The van der Waals surface area contributed by atoms with Crippen LogP contribution in [-0.2, 0) is 0 Å². The van der Waals surface area contributed by atoms with Crippen LogP contribution in [-0.4, -0.2) is 25.1 Å². The Balaban J connectivity index is 2.09. The molecule has 1 aromatic carbocycles. The van der Waals surface area contributed by atoms with Crippen LogP contribution in [0, 0.1) is 0 Å². The number of para-hydroxylation sites is 1. The molecule has 0 aliphatic rings. The zero-order valence-corrected chi connectivity index (χ0v) is 9.85. The predicted octanol–water partition coefficient (Wildman–Crippen LogP) is 1.87. The lowest BCUT2D eigenvalue weighted by Gasteiger charge is -2.05. The van der Waals surface area contributed by atoms with E-state index in [-0.39, 0.29) is 0 Å². The summed E-state index contributed by atoms with van der Waals surface area (Å²) in [5.41, 5.74) is 2.52. The van der Waals surface area contributed by atoms with E-state index in [4.69, 9.17) is 0 Å². The van der Waals surface area contributed by atoms with Crippen LogP contribution in [0.2, 0.25) is 0 Å². The first kappa shape index (κ1) is 10.9. The van der Waals surface area contributed by atoms with Crippen LogP contribution in [0.25, 0.3) is 16.9 Å². The molecule has 0 saturated heterocycles. The van der Waals surface area contributed by atoms with Crippen molar-refractivity contribution in [3.63, 3.8) is 0 Å². The molecule has 0 aliphatic carbocycles. The van der Waals surface area contributed by atoms with E-state index in [9.17, 15) is 5.11 Å². The average Bonchev–Trinajstić information content (AvgIpc) is 2.82. The van der Waals surface area contributed by atoms with Gasteiger partial charge >= 0.3 is 0 Å². The molecule has 3 aromatic rings. The van der Waals surface area contributed by atoms with Gasteiger partial charge in [0, 0.05) is 6.20 Å². The van der Waals surface area contributed by atoms with Crippen LogP contribution >= 0.6 is 0 Å². The monoisotopic (exact) mass is 240 g/mol. The van der Waals surface area contributed by atoms with Crippen molar-refractivity contribution in [2.24, 2.45) is 0 Å². The van der Waals surface area contributed by atoms with E-state index in [0.29, 0.717) is 5.82 Å². The fourth-order valence-electron chi connectivity index (χ4n) is 1.81. The van der Waals surface area contributed by atoms with Gasteiger partial charge in [-0.05, 0) is 30.7 Å². The molecule has 0 radical (unpaired) electrons. The topological polar surface area (TPSA) is 63.8 Å². The maximum absolute atomic E-state index is 9.44. The van der Waals surface area contributed by atoms with E-state index in [1.807, 2.05) is 36.4 Å². The number of hydrogen-bond donors (Lipinski definition) is 1. The molecule has 90 valence electrons. The van der Waals surface area contributed by atoms with Gasteiger partial charge in [0.05, 0.1) is 11.6 Å². The van der Waals surface area contributed by atoms with E-state index >= 15 is 0 Å². The smallest absolute Gasteiger partial charge is 0.155 e. The summed E-state index contributed by atoms with van der Waals surface area (Å²) in [4.78, 5) is 4.29. The molecule has 0 aliphatic heterocycles. The minimum absolute atomic E-state index is 0.515. The van der Waals surface area contributed by atoms with Gasteiger partial charge in [-0.25, -0.2) is 4.98 Å². The zero-order valence-electron chi connectivity index (χ0n) is 9.85. The summed E-state index contributed by atoms with van der Waals surface area (Å²) >= 11 is 0. The van der Waals surface area contributed by atoms with Crippen LogP contribution in [0.1, 0.15) is 18.6 Å². The molecule has 0 amide bonds. The number of benzene rings is 1. The third-order valence-corrected chi connectivity index (χ3v) is 2.82. The van der Waals surface area contributed by atoms with Crippen LogP contribution in [0.4, 0.5) is 0 Å². The Morgan fingerprint density at radius 1 is 1.17 bits per heavy atom. The largest absolute Gasteiger partial charge is 0.389 e. The van der Waals surface area contributed by atoms with E-state index in [1.54, 1.807) is 17.8 Å². The number of fused-ring (bicyclic) bond motifs is 1. The molecule has 2 heterocycles. The molecule has 0 fully saturated rings. The fraction of sp³-hybridized carbons (Fsp3) is 0.154. The van der Waals surface area contributed by atoms with Crippen molar-refractivity contribution in [1.82, 2.24) is 20.0 Å². The highest BCUT2D eigenvalue weighted by Gasteiger charge is 2.07. The van der Waals surface area contributed by atoms with Crippen molar-refractivity contribution in [1.29, 1.82) is 0 Å². The Morgan fingerprint density at radius 2 is 2.00 bits per heavy atom. The van der Waals surface area contributed by atoms with Gasteiger partial charge in [0.2, 0.25) is 0 Å². The first-order valence-electron chi connectivity index (χ1n) is 5.70. The summed E-state index contributed by atoms with van der Waals surface area (Å²) in [6, 6.07) is 11.4. The molecule has 1 N–H and O–H groups in total. The van der Waals surface area contributed by atoms with Crippen molar-refractivity contribution in [3.8, 4) is 5.82 Å². The molecule has 5 nitrogen and oxygen atoms in total. The highest BCUT2D eigenvalue weighted by Crippen LogP contribution is 2.16. The Morgan fingerprint density at radius 3 is 2.72 bits per heavy atom. The van der Waals surface area contributed by atoms with Crippen molar-refractivity contribution in [3.05, 3.63) is 48.2 Å². The molecule has 0 unspecified atom stereocenters. The minimum atomic E-state index is -0.515. The molecular formula is C13H12N4O. The molecule has 0 spiro atoms. The van der Waals surface area contributed by atoms with Crippen molar-refractivity contribution in [2.75, 3.05) is 0 Å². The van der Waals surface area contributed by atoms with Gasteiger partial charge in [0.1, 0.15) is 5.52 Å². The summed E-state index contributed by atoms with van der Waals surface area (Å²) in [5.74, 6) is 0.688. The number of aliphatic hydroxyl groups excluding tert-OH is 1. The highest BCUT2D eigenvalue weighted by molar-refractivity contribution is 5.75. The quantitative estimate of drug-likeness (QED) is 0.742. The van der Waals surface area contributed by atoms with Gasteiger partial charge in [-0.1, -0.05) is 23.4 Å². The van der Waals surface area contributed by atoms with E-state index < -0.39 is 6.10 Å². The number of aromatic nitrogens is 4. The van der Waals surface area contributed by atoms with Gasteiger partial charge < -0.3 is 5.11 Å². The SMILES string of the molecule is C[C@H](O)c1ccc(-n2nnc3ccccc32)nc1. The van der Waals surface area contributed by atoms with E-state index in [1.165, 1.54) is 0 Å². The van der Waals surface area contributed by atoms with Crippen LogP contribution < -0.4 is 0 Å². The first-order valence-corrected chi connectivity index (χ1v) is 5.70. The Bertz CT molecular complexity index is 673. The average molecular weight is 240 g/mol. The second-order valence-electron chi connectivity index (χ2n) is 4.12. The number of aliphatic hydroxyl groups is 1.